The van der Waals surface area contributed by atoms with E-state index in [1.54, 1.807) is 37.4 Å². The van der Waals surface area contributed by atoms with Crippen molar-refractivity contribution in [2.45, 2.75) is 67.7 Å². The lowest BCUT2D eigenvalue weighted by Gasteiger charge is -2.60. The zero-order valence-corrected chi connectivity index (χ0v) is 28.4. The molecule has 7 bridgehead atoms. The van der Waals surface area contributed by atoms with Crippen molar-refractivity contribution in [2.24, 2.45) is 17.3 Å². The maximum atomic E-state index is 14.8. The summed E-state index contributed by atoms with van der Waals surface area (Å²) >= 11 is 0. The lowest BCUT2D eigenvalue weighted by atomic mass is 9.55. The Kier molecular flexibility index (Phi) is 7.87. The fourth-order valence-electron chi connectivity index (χ4n) is 9.14. The first-order valence-corrected chi connectivity index (χ1v) is 19.0. The molecule has 2 fully saturated rings. The van der Waals surface area contributed by atoms with Crippen molar-refractivity contribution >= 4 is 39.0 Å². The Morgan fingerprint density at radius 3 is 2.69 bits per heavy atom. The fraction of sp³-hybridized carbons (Fsp3) is 0.472. The lowest BCUT2D eigenvalue weighted by molar-refractivity contribution is -0.354. The third-order valence-corrected chi connectivity index (χ3v) is 13.8. The van der Waals surface area contributed by atoms with Gasteiger partial charge in [-0.3, -0.25) is 9.59 Å². The van der Waals surface area contributed by atoms with Crippen molar-refractivity contribution in [2.75, 3.05) is 23.6 Å². The summed E-state index contributed by atoms with van der Waals surface area (Å²) in [6, 6.07) is 8.39. The van der Waals surface area contributed by atoms with Gasteiger partial charge in [0.05, 0.1) is 24.0 Å². The molecule has 1 saturated carbocycles. The van der Waals surface area contributed by atoms with Crippen LogP contribution in [-0.2, 0) is 10.2 Å². The first-order valence-electron chi connectivity index (χ1n) is 16.5. The Labute approximate surface area is 290 Å². The number of aliphatic hydroxyl groups is 5. The van der Waals surface area contributed by atoms with E-state index in [9.17, 15) is 35.1 Å². The van der Waals surface area contributed by atoms with Crippen LogP contribution in [0.25, 0.3) is 0 Å². The molecule has 2 spiro atoms. The Balaban J connectivity index is 1.32. The minimum absolute atomic E-state index is 0.0691. The summed E-state index contributed by atoms with van der Waals surface area (Å²) in [5, 5.41) is 62.1. The number of rotatable bonds is 1. The van der Waals surface area contributed by atoms with Gasteiger partial charge in [0.25, 0.3) is 0 Å². The highest BCUT2D eigenvalue weighted by molar-refractivity contribution is 8.76. The summed E-state index contributed by atoms with van der Waals surface area (Å²) in [4.78, 5) is 33.5. The maximum absolute atomic E-state index is 14.8. The van der Waals surface area contributed by atoms with Gasteiger partial charge >= 0.3 is 0 Å². The molecule has 2 aliphatic heterocycles. The number of anilines is 1. The van der Waals surface area contributed by atoms with Crippen LogP contribution in [-0.4, -0.2) is 90.0 Å². The highest BCUT2D eigenvalue weighted by atomic mass is 33.1. The monoisotopic (exact) mass is 706 g/mol. The molecule has 0 unspecified atom stereocenters. The third kappa shape index (κ3) is 4.52. The Morgan fingerprint density at radius 1 is 1.12 bits per heavy atom. The molecule has 3 heterocycles. The molecule has 6 aliphatic rings. The predicted octanol–water partition coefficient (Wildman–Crippen LogP) is 3.85. The van der Waals surface area contributed by atoms with Crippen molar-refractivity contribution in [3.8, 4) is 5.75 Å². The highest BCUT2D eigenvalue weighted by Crippen LogP contribution is 2.58. The number of carbonyl (C=O) groups is 2. The molecule has 8 atom stereocenters. The predicted molar refractivity (Wildman–Crippen MR) is 183 cm³/mol. The summed E-state index contributed by atoms with van der Waals surface area (Å²) < 4.78 is 12.5. The molecule has 13 heteroatoms. The minimum atomic E-state index is -2.27. The molecule has 11 nitrogen and oxygen atoms in total. The molecule has 8 rings (SSSR count). The van der Waals surface area contributed by atoms with Gasteiger partial charge in [-0.1, -0.05) is 70.4 Å². The van der Waals surface area contributed by atoms with Crippen molar-refractivity contribution in [1.82, 2.24) is 4.98 Å². The van der Waals surface area contributed by atoms with Crippen molar-refractivity contribution in [1.29, 1.82) is 0 Å². The van der Waals surface area contributed by atoms with E-state index in [1.165, 1.54) is 39.8 Å². The number of carbonyl (C=O) groups excluding carboxylic acids is 2. The van der Waals surface area contributed by atoms with E-state index < -0.39 is 64.8 Å². The quantitative estimate of drug-likeness (QED) is 0.186. The number of pyridine rings is 1. The first-order chi connectivity index (χ1) is 23.5. The summed E-state index contributed by atoms with van der Waals surface area (Å²) in [5.41, 5.74) is -4.88. The molecule has 49 heavy (non-hydrogen) atoms. The van der Waals surface area contributed by atoms with E-state index in [0.29, 0.717) is 30.1 Å². The zero-order valence-electron chi connectivity index (χ0n) is 26.7. The average molecular weight is 707 g/mol. The molecular formula is C36H38N2O9S2. The lowest BCUT2D eigenvalue weighted by Crippen LogP contribution is -2.78. The van der Waals surface area contributed by atoms with Gasteiger partial charge in [0.15, 0.2) is 11.6 Å². The van der Waals surface area contributed by atoms with E-state index in [1.807, 2.05) is 12.1 Å². The number of allylic oxidation sites excluding steroid dienone is 4. The van der Waals surface area contributed by atoms with Crippen LogP contribution in [0.5, 0.6) is 5.75 Å². The number of ketones is 2. The molecule has 0 amide bonds. The van der Waals surface area contributed by atoms with E-state index >= 15 is 0 Å². The van der Waals surface area contributed by atoms with Crippen LogP contribution in [0.1, 0.15) is 58.9 Å². The van der Waals surface area contributed by atoms with Gasteiger partial charge in [0.2, 0.25) is 6.29 Å². The van der Waals surface area contributed by atoms with Crippen molar-refractivity contribution in [3.63, 3.8) is 0 Å². The number of nitrogens with one attached hydrogen (secondary N) is 1. The van der Waals surface area contributed by atoms with Gasteiger partial charge in [0, 0.05) is 28.8 Å². The Bertz CT molecular complexity index is 1820. The second kappa shape index (κ2) is 11.7. The minimum Gasteiger partial charge on any atom is -0.511 e. The molecule has 4 aliphatic carbocycles. The SMILES string of the molecule is CC1=C[C@@H]2C(=O)c3cccc4c3C(=O)[C@]2(CSSCNc2cc(ccn2)C2(CCCC2)[C@H]2C=C[C@]3(CO)O[C@@H](O4)[C@H](O)[C@@]2(O)[C@@H]3O)C(O)=C1. The van der Waals surface area contributed by atoms with Crippen LogP contribution in [0.4, 0.5) is 5.82 Å². The zero-order chi connectivity index (χ0) is 34.3. The number of nitrogens with zero attached hydrogens (tertiary/aromatic N) is 1. The Morgan fingerprint density at radius 2 is 1.92 bits per heavy atom. The summed E-state index contributed by atoms with van der Waals surface area (Å²) in [5.74, 6) is -1.96. The topological polar surface area (TPSA) is 179 Å². The maximum Gasteiger partial charge on any atom is 0.230 e. The molecule has 1 aromatic carbocycles. The molecule has 6 N–H and O–H groups in total. The number of ether oxygens (including phenoxy) is 2. The largest absolute Gasteiger partial charge is 0.511 e. The van der Waals surface area contributed by atoms with Gasteiger partial charge in [-0.15, -0.1) is 0 Å². The number of fused-ring (bicyclic) bond motifs is 6. The number of aliphatic hydroxyl groups excluding tert-OH is 4. The Hall–Kier alpha value is -3.17. The van der Waals surface area contributed by atoms with Crippen LogP contribution in [0.3, 0.4) is 0 Å². The van der Waals surface area contributed by atoms with Crippen LogP contribution in [0.15, 0.2) is 72.2 Å². The molecular weight excluding hydrogens is 669 g/mol. The van der Waals surface area contributed by atoms with E-state index in [2.05, 4.69) is 10.3 Å². The molecule has 1 aromatic heterocycles. The second-order valence-corrected chi connectivity index (χ2v) is 16.5. The van der Waals surface area contributed by atoms with Crippen LogP contribution in [0.2, 0.25) is 0 Å². The van der Waals surface area contributed by atoms with Crippen LogP contribution in [0, 0.1) is 17.3 Å². The highest BCUT2D eigenvalue weighted by Gasteiger charge is 2.70. The number of aromatic nitrogens is 1. The van der Waals surface area contributed by atoms with Gasteiger partial charge < -0.3 is 40.3 Å². The second-order valence-electron chi connectivity index (χ2n) is 14.0. The molecule has 258 valence electrons. The molecule has 2 aromatic rings. The number of Topliss-reactive ketones (excluding diaryl/α,β-unsaturated/α-hetero) is 2. The first kappa shape index (κ1) is 33.0. The van der Waals surface area contributed by atoms with E-state index in [4.69, 9.17) is 9.47 Å². The summed E-state index contributed by atoms with van der Waals surface area (Å²) in [6.45, 7) is 1.02. The standard InChI is InChI=1S/C36H38N2O9S2/c1-19-13-22-28(41)21-5-4-6-23-27(21)29(42)35(22,25(40)14-19)17-48-49-18-38-26-15-20(8-12-37-26)33(9-2-3-10-33)24-7-11-34(16-39)32(44)36(24,45)30(43)31(46-23)47-34/h4-8,11-15,22,24,30-32,39-40,43-45H,2-3,9-10,16-18H2,1H3,(H,37,38)/t22-,24-,30+,31-,32-,34-,35+,36-/m1/s1. The summed E-state index contributed by atoms with van der Waals surface area (Å²) in [7, 11) is 2.78. The van der Waals surface area contributed by atoms with Gasteiger partial charge in [-0.2, -0.15) is 0 Å². The third-order valence-electron chi connectivity index (χ3n) is 11.6. The average Bonchev–Trinajstić information content (AvgIpc) is 3.59. The summed E-state index contributed by atoms with van der Waals surface area (Å²) in [6.07, 6.45) is 5.93. The number of hydrogen-bond donors (Lipinski definition) is 6. The normalized spacial score (nSPS) is 37.7. The van der Waals surface area contributed by atoms with E-state index in [-0.39, 0.29) is 34.2 Å². The van der Waals surface area contributed by atoms with Crippen molar-refractivity contribution in [3.05, 3.63) is 88.9 Å². The van der Waals surface area contributed by atoms with Gasteiger partial charge in [-0.25, -0.2) is 4.98 Å². The smallest absolute Gasteiger partial charge is 0.230 e. The van der Waals surface area contributed by atoms with Crippen LogP contribution < -0.4 is 10.1 Å². The van der Waals surface area contributed by atoms with Crippen molar-refractivity contribution < 1.29 is 44.6 Å². The van der Waals surface area contributed by atoms with E-state index in [0.717, 1.165) is 18.4 Å². The van der Waals surface area contributed by atoms with Crippen LogP contribution >= 0.6 is 21.6 Å². The fourth-order valence-corrected chi connectivity index (χ4v) is 11.4. The number of benzene rings is 1. The number of hydrogen-bond acceptors (Lipinski definition) is 13. The van der Waals surface area contributed by atoms with Gasteiger partial charge in [-0.05, 0) is 49.6 Å². The van der Waals surface area contributed by atoms with Gasteiger partial charge in [0.1, 0.15) is 46.2 Å². The molecule has 1 saturated heterocycles. The molecule has 0 radical (unpaired) electrons.